The first-order chi connectivity index (χ1) is 10.1. The van der Waals surface area contributed by atoms with E-state index < -0.39 is 0 Å². The third kappa shape index (κ3) is 2.56. The number of carbonyl (C=O) groups is 1. The lowest BCUT2D eigenvalue weighted by Gasteiger charge is -2.56. The SMILES string of the molecule is COC(=O)Cc1csc(NC23CC4CC(CC(C4)C2)C3)n1. The maximum absolute atomic E-state index is 11.3. The fourth-order valence-electron chi connectivity index (χ4n) is 5.16. The summed E-state index contributed by atoms with van der Waals surface area (Å²) < 4.78 is 4.70. The number of nitrogens with zero attached hydrogens (tertiary/aromatic N) is 1. The Hall–Kier alpha value is -1.10. The molecule has 114 valence electrons. The predicted octanol–water partition coefficient (Wildman–Crippen LogP) is 3.24. The van der Waals surface area contributed by atoms with Gasteiger partial charge in [-0.2, -0.15) is 0 Å². The summed E-state index contributed by atoms with van der Waals surface area (Å²) in [6, 6.07) is 0. The summed E-state index contributed by atoms with van der Waals surface area (Å²) in [6.07, 6.45) is 8.56. The number of thiazole rings is 1. The van der Waals surface area contributed by atoms with E-state index in [1.807, 2.05) is 5.38 Å². The van der Waals surface area contributed by atoms with Gasteiger partial charge in [-0.3, -0.25) is 4.79 Å². The Kier molecular flexibility index (Phi) is 3.21. The van der Waals surface area contributed by atoms with Gasteiger partial charge in [0.15, 0.2) is 5.13 Å². The van der Waals surface area contributed by atoms with Crippen molar-refractivity contribution in [3.05, 3.63) is 11.1 Å². The van der Waals surface area contributed by atoms with Crippen LogP contribution in [0.2, 0.25) is 0 Å². The van der Waals surface area contributed by atoms with Crippen LogP contribution in [0.25, 0.3) is 0 Å². The van der Waals surface area contributed by atoms with Crippen molar-refractivity contribution >= 4 is 22.4 Å². The number of anilines is 1. The van der Waals surface area contributed by atoms with Gasteiger partial charge in [0.2, 0.25) is 0 Å². The minimum absolute atomic E-state index is 0.221. The van der Waals surface area contributed by atoms with Crippen LogP contribution in [0.4, 0.5) is 5.13 Å². The number of ether oxygens (including phenoxy) is 1. The molecule has 4 aliphatic carbocycles. The van der Waals surface area contributed by atoms with Crippen molar-refractivity contribution in [2.24, 2.45) is 17.8 Å². The molecule has 4 fully saturated rings. The summed E-state index contributed by atoms with van der Waals surface area (Å²) in [6.45, 7) is 0. The second kappa shape index (κ2) is 4.97. The Morgan fingerprint density at radius 2 is 1.95 bits per heavy atom. The third-order valence-corrected chi connectivity index (χ3v) is 6.32. The Balaban J connectivity index is 1.47. The van der Waals surface area contributed by atoms with Crippen molar-refractivity contribution < 1.29 is 9.53 Å². The van der Waals surface area contributed by atoms with Crippen LogP contribution in [0.3, 0.4) is 0 Å². The van der Waals surface area contributed by atoms with Crippen molar-refractivity contribution in [1.82, 2.24) is 4.98 Å². The molecule has 0 radical (unpaired) electrons. The Morgan fingerprint density at radius 1 is 1.33 bits per heavy atom. The average molecular weight is 306 g/mol. The van der Waals surface area contributed by atoms with Gasteiger partial charge >= 0.3 is 5.97 Å². The molecule has 0 aliphatic heterocycles. The van der Waals surface area contributed by atoms with Crippen molar-refractivity contribution in [1.29, 1.82) is 0 Å². The number of aromatic nitrogens is 1. The first kappa shape index (κ1) is 13.6. The number of rotatable bonds is 4. The highest BCUT2D eigenvalue weighted by atomic mass is 32.1. The van der Waals surface area contributed by atoms with Crippen molar-refractivity contribution in [3.63, 3.8) is 0 Å². The zero-order chi connectivity index (χ0) is 14.4. The third-order valence-electron chi connectivity index (χ3n) is 5.52. The van der Waals surface area contributed by atoms with Gasteiger partial charge < -0.3 is 10.1 Å². The molecule has 5 heteroatoms. The lowest BCUT2D eigenvalue weighted by molar-refractivity contribution is -0.139. The van der Waals surface area contributed by atoms with E-state index >= 15 is 0 Å². The van der Waals surface area contributed by atoms with Crippen LogP contribution in [0.5, 0.6) is 0 Å². The highest BCUT2D eigenvalue weighted by Crippen LogP contribution is 2.56. The normalized spacial score (nSPS) is 36.7. The monoisotopic (exact) mass is 306 g/mol. The summed E-state index contributed by atoms with van der Waals surface area (Å²) in [7, 11) is 1.42. The van der Waals surface area contributed by atoms with Gasteiger partial charge in [-0.25, -0.2) is 4.98 Å². The topological polar surface area (TPSA) is 51.2 Å². The van der Waals surface area contributed by atoms with Crippen LogP contribution in [0.15, 0.2) is 5.38 Å². The molecule has 0 amide bonds. The summed E-state index contributed by atoms with van der Waals surface area (Å²) >= 11 is 1.62. The number of esters is 1. The number of nitrogens with one attached hydrogen (secondary N) is 1. The molecule has 0 aromatic carbocycles. The summed E-state index contributed by atoms with van der Waals surface area (Å²) in [5.41, 5.74) is 1.11. The van der Waals surface area contributed by atoms with E-state index in [1.54, 1.807) is 11.3 Å². The molecule has 4 nitrogen and oxygen atoms in total. The molecular formula is C16H22N2O2S. The number of methoxy groups -OCH3 is 1. The van der Waals surface area contributed by atoms with Crippen molar-refractivity contribution in [3.8, 4) is 0 Å². The molecule has 4 saturated carbocycles. The summed E-state index contributed by atoms with van der Waals surface area (Å²) in [5.74, 6) is 2.57. The van der Waals surface area contributed by atoms with Gasteiger partial charge in [-0.15, -0.1) is 11.3 Å². The average Bonchev–Trinajstić information content (AvgIpc) is 2.83. The Bertz CT molecular complexity index is 519. The standard InChI is InChI=1S/C16H22N2O2S/c1-20-14(19)5-13-9-21-15(17-13)18-16-6-10-2-11(7-16)4-12(3-10)8-16/h9-12H,2-8H2,1H3,(H,17,18). The molecule has 4 aliphatic rings. The van der Waals surface area contributed by atoms with E-state index in [9.17, 15) is 4.79 Å². The van der Waals surface area contributed by atoms with Crippen molar-refractivity contribution in [2.75, 3.05) is 12.4 Å². The van der Waals surface area contributed by atoms with E-state index in [1.165, 1.54) is 45.6 Å². The van der Waals surface area contributed by atoms with Gasteiger partial charge in [-0.1, -0.05) is 0 Å². The quantitative estimate of drug-likeness (QED) is 0.868. The van der Waals surface area contributed by atoms with E-state index in [4.69, 9.17) is 4.74 Å². The van der Waals surface area contributed by atoms with Crippen LogP contribution < -0.4 is 5.32 Å². The second-order valence-electron chi connectivity index (χ2n) is 7.22. The lowest BCUT2D eigenvalue weighted by atomic mass is 9.53. The lowest BCUT2D eigenvalue weighted by Crippen LogP contribution is -2.54. The number of carbonyl (C=O) groups excluding carboxylic acids is 1. The molecule has 1 aromatic rings. The van der Waals surface area contributed by atoms with Gasteiger partial charge in [-0.05, 0) is 56.3 Å². The van der Waals surface area contributed by atoms with Gasteiger partial charge in [0, 0.05) is 10.9 Å². The zero-order valence-corrected chi connectivity index (χ0v) is 13.2. The maximum atomic E-state index is 11.3. The Morgan fingerprint density at radius 3 is 2.52 bits per heavy atom. The molecular weight excluding hydrogens is 284 g/mol. The highest BCUT2D eigenvalue weighted by Gasteiger charge is 2.51. The fraction of sp³-hybridized carbons (Fsp3) is 0.750. The largest absolute Gasteiger partial charge is 0.469 e. The van der Waals surface area contributed by atoms with Crippen LogP contribution >= 0.6 is 11.3 Å². The second-order valence-corrected chi connectivity index (χ2v) is 8.08. The highest BCUT2D eigenvalue weighted by molar-refractivity contribution is 7.13. The smallest absolute Gasteiger partial charge is 0.311 e. The zero-order valence-electron chi connectivity index (χ0n) is 12.4. The molecule has 21 heavy (non-hydrogen) atoms. The van der Waals surface area contributed by atoms with Gasteiger partial charge in [0.1, 0.15) is 0 Å². The summed E-state index contributed by atoms with van der Waals surface area (Å²) in [5, 5.41) is 6.71. The Labute approximate surface area is 129 Å². The molecule has 0 spiro atoms. The molecule has 1 heterocycles. The van der Waals surface area contributed by atoms with E-state index in [0.717, 1.165) is 28.6 Å². The van der Waals surface area contributed by atoms with E-state index in [2.05, 4.69) is 10.3 Å². The van der Waals surface area contributed by atoms with Crippen LogP contribution in [-0.4, -0.2) is 23.6 Å². The van der Waals surface area contributed by atoms with Gasteiger partial charge in [0.25, 0.3) is 0 Å². The number of hydrogen-bond donors (Lipinski definition) is 1. The minimum atomic E-state index is -0.221. The first-order valence-corrected chi connectivity index (χ1v) is 8.81. The molecule has 0 atom stereocenters. The fourth-order valence-corrected chi connectivity index (χ4v) is 5.99. The van der Waals surface area contributed by atoms with Crippen molar-refractivity contribution in [2.45, 2.75) is 50.5 Å². The first-order valence-electron chi connectivity index (χ1n) is 7.93. The molecule has 1 N–H and O–H groups in total. The molecule has 4 bridgehead atoms. The maximum Gasteiger partial charge on any atom is 0.311 e. The molecule has 0 saturated heterocycles. The number of hydrogen-bond acceptors (Lipinski definition) is 5. The van der Waals surface area contributed by atoms with E-state index in [-0.39, 0.29) is 17.9 Å². The predicted molar refractivity (Wildman–Crippen MR) is 82.4 cm³/mol. The summed E-state index contributed by atoms with van der Waals surface area (Å²) in [4.78, 5) is 15.9. The molecule has 0 unspecified atom stereocenters. The van der Waals surface area contributed by atoms with E-state index in [0.29, 0.717) is 0 Å². The van der Waals surface area contributed by atoms with Gasteiger partial charge in [0.05, 0.1) is 19.2 Å². The van der Waals surface area contributed by atoms with Crippen LogP contribution in [0, 0.1) is 17.8 Å². The minimum Gasteiger partial charge on any atom is -0.469 e. The molecule has 5 rings (SSSR count). The van der Waals surface area contributed by atoms with Crippen LogP contribution in [0.1, 0.15) is 44.2 Å². The molecule has 1 aromatic heterocycles. The van der Waals surface area contributed by atoms with Crippen LogP contribution in [-0.2, 0) is 16.0 Å².